The molecule has 0 aliphatic carbocycles. The van der Waals surface area contributed by atoms with Crippen molar-refractivity contribution < 1.29 is 137 Å². The van der Waals surface area contributed by atoms with Crippen LogP contribution >= 0.6 is 0 Å². The Morgan fingerprint density at radius 2 is 0.760 bits per heavy atom. The number of aliphatic hydroxyl groups is 2. The van der Waals surface area contributed by atoms with Gasteiger partial charge in [0.15, 0.2) is 0 Å². The van der Waals surface area contributed by atoms with E-state index in [-0.39, 0.29) is 68.3 Å². The number of nitrogens with zero attached hydrogens (tertiary/aromatic N) is 2. The van der Waals surface area contributed by atoms with E-state index >= 15 is 0 Å². The van der Waals surface area contributed by atoms with Gasteiger partial charge in [-0.25, -0.2) is 30.7 Å². The minimum absolute atomic E-state index is 0.0827. The van der Waals surface area contributed by atoms with Gasteiger partial charge in [-0.2, -0.15) is 52.7 Å². The quantitative estimate of drug-likeness (QED) is 0.0193. The summed E-state index contributed by atoms with van der Waals surface area (Å²) in [5.74, 6) is -17.8. The number of allylic oxidation sites excluding steroid dienone is 2. The highest BCUT2D eigenvalue weighted by Crippen LogP contribution is 2.41. The molecule has 0 heterocycles. The molecule has 0 aromatic carbocycles. The molecule has 576 valence electrons. The molecule has 96 heavy (non-hydrogen) atoms. The molecule has 0 aromatic heterocycles. The molecule has 0 rings (SSSR count). The molecule has 0 bridgehead atoms. The third-order valence-corrected chi connectivity index (χ3v) is 39.0. The van der Waals surface area contributed by atoms with Gasteiger partial charge in [-0.3, -0.25) is 9.98 Å². The number of aliphatic hydroxyl groups excluding tert-OH is 2. The highest BCUT2D eigenvalue weighted by Gasteiger charge is 2.56. The largest absolute Gasteiger partial charge is 0.491 e. The smallest absolute Gasteiger partial charge is 0.414 e. The van der Waals surface area contributed by atoms with Gasteiger partial charge in [0.05, 0.1) is 24.3 Å². The summed E-state index contributed by atoms with van der Waals surface area (Å²) < 4.78 is 308. The van der Waals surface area contributed by atoms with Crippen LogP contribution in [0.25, 0.3) is 0 Å². The Bertz CT molecular complexity index is 2070. The molecule has 0 spiro atoms. The molecule has 5 unspecified atom stereocenters. The Labute approximate surface area is 560 Å². The van der Waals surface area contributed by atoms with Crippen LogP contribution < -0.4 is 11.5 Å². The van der Waals surface area contributed by atoms with Gasteiger partial charge in [-0.15, -0.1) is 0 Å². The first-order valence-electron chi connectivity index (χ1n) is 31.3. The normalized spacial score (nSPS) is 17.0. The van der Waals surface area contributed by atoms with Crippen LogP contribution in [-0.2, 0) is 43.0 Å². The van der Waals surface area contributed by atoms with Crippen LogP contribution in [0.2, 0.25) is 49.4 Å². The van der Waals surface area contributed by atoms with Crippen molar-refractivity contribution in [2.24, 2.45) is 39.2 Å². The van der Waals surface area contributed by atoms with Crippen molar-refractivity contribution >= 4 is 63.3 Å². The van der Waals surface area contributed by atoms with Crippen molar-refractivity contribution in [1.82, 2.24) is 0 Å². The average molecular weight is 1550 g/mol. The molecule has 5 atom stereocenters. The van der Waals surface area contributed by atoms with E-state index in [0.717, 1.165) is 6.92 Å². The number of rotatable bonds is 48. The molecule has 0 fully saturated rings. The number of alkyl halides is 18. The first-order valence-corrected chi connectivity index (χ1v) is 44.7. The third-order valence-electron chi connectivity index (χ3n) is 15.0. The van der Waals surface area contributed by atoms with E-state index in [1.54, 1.807) is 13.1 Å². The van der Waals surface area contributed by atoms with E-state index in [1.165, 1.54) is 56.5 Å². The van der Waals surface area contributed by atoms with Crippen LogP contribution in [0.1, 0.15) is 138 Å². The van der Waals surface area contributed by atoms with Crippen LogP contribution in [0.5, 0.6) is 0 Å². The van der Waals surface area contributed by atoms with E-state index in [0.29, 0.717) is 77.3 Å². The monoisotopic (exact) mass is 1540 g/mol. The lowest BCUT2D eigenvalue weighted by atomic mass is 9.93. The molecule has 0 amide bonds. The molecule has 0 saturated carbocycles. The van der Waals surface area contributed by atoms with Crippen molar-refractivity contribution in [2.75, 3.05) is 81.3 Å². The van der Waals surface area contributed by atoms with Crippen molar-refractivity contribution in [3.63, 3.8) is 0 Å². The van der Waals surface area contributed by atoms with Gasteiger partial charge in [0.1, 0.15) is 11.7 Å². The Kier molecular flexibility index (Phi) is 46.1. The van der Waals surface area contributed by atoms with E-state index in [2.05, 4.69) is 9.98 Å². The molecule has 0 aliphatic heterocycles. The molecule has 6 N–H and O–H groups in total. The predicted molar refractivity (Wildman–Crippen MR) is 341 cm³/mol. The number of nitrogens with two attached hydrogens (primary N) is 2. The molecular formula is C55H107F19N4O12Si6. The Morgan fingerprint density at radius 3 is 0.990 bits per heavy atom. The van der Waals surface area contributed by atoms with Gasteiger partial charge in [-0.1, -0.05) is 33.3 Å². The van der Waals surface area contributed by atoms with Crippen molar-refractivity contribution in [3.05, 3.63) is 11.9 Å². The molecule has 0 saturated heterocycles. The fourth-order valence-corrected chi connectivity index (χ4v) is 34.6. The average Bonchev–Trinajstić information content (AvgIpc) is 0.809. The van der Waals surface area contributed by atoms with Crippen LogP contribution in [-0.4, -0.2) is 197 Å². The van der Waals surface area contributed by atoms with Crippen molar-refractivity contribution in [3.8, 4) is 0 Å². The summed E-state index contributed by atoms with van der Waals surface area (Å²) in [5.41, 5.74) is 10.6. The maximum atomic E-state index is 13.8. The van der Waals surface area contributed by atoms with E-state index < -0.39 is 175 Å². The summed E-state index contributed by atoms with van der Waals surface area (Å²) in [4.78, 5) is 8.23. The number of hydrogen-bond acceptors (Lipinski definition) is 16. The first kappa shape index (κ1) is 98.7. The van der Waals surface area contributed by atoms with E-state index in [1.807, 2.05) is 6.92 Å². The second-order valence-corrected chi connectivity index (χ2v) is 43.8. The van der Waals surface area contributed by atoms with Gasteiger partial charge in [0.2, 0.25) is 17.8 Å². The molecule has 41 heteroatoms. The van der Waals surface area contributed by atoms with Gasteiger partial charge < -0.3 is 64.7 Å². The van der Waals surface area contributed by atoms with E-state index in [9.17, 15) is 93.6 Å². The lowest BCUT2D eigenvalue weighted by molar-refractivity contribution is -0.173. The summed E-state index contributed by atoms with van der Waals surface area (Å²) in [7, 11) is -12.2. The minimum Gasteiger partial charge on any atom is -0.414 e. The van der Waals surface area contributed by atoms with Gasteiger partial charge in [0.25, 0.3) is 0 Å². The topological polar surface area (TPSA) is 210 Å². The zero-order valence-corrected chi connectivity index (χ0v) is 63.9. The summed E-state index contributed by atoms with van der Waals surface area (Å²) in [6.45, 7) is 11.3. The summed E-state index contributed by atoms with van der Waals surface area (Å²) in [6.07, 6.45) is -24.0. The first-order chi connectivity index (χ1) is 43.8. The SMILES string of the molecule is CC=C(F)C(CCC(C)(F)F)C(F)(F)F.CCC[Si](C)(O[Si](CO)(CCCN=C(CC)C(CCC(C)(F)F)C(F)(F)F)OC)O[Si](CO)(CCCN=C(CC)C(CCC(C)(F)F)C(F)(F)F)OC.CO[Si](CCCN)(OC)O[Si](C)(CCC(F)(F)F)O[Si](CCCN)(OC)OC. The van der Waals surface area contributed by atoms with Crippen molar-refractivity contribution in [1.29, 1.82) is 0 Å². The van der Waals surface area contributed by atoms with Crippen LogP contribution in [0.3, 0.4) is 0 Å². The lowest BCUT2D eigenvalue weighted by Crippen LogP contribution is -2.61. The maximum Gasteiger partial charge on any atom is 0.491 e. The second-order valence-electron chi connectivity index (χ2n) is 23.5. The van der Waals surface area contributed by atoms with Crippen LogP contribution in [0, 0.1) is 17.8 Å². The van der Waals surface area contributed by atoms with Gasteiger partial charge in [-0.05, 0) is 136 Å². The molecular weight excluding hydrogens is 1440 g/mol. The summed E-state index contributed by atoms with van der Waals surface area (Å²) in [6, 6.07) is 0.908. The second kappa shape index (κ2) is 44.9. The Hall–Kier alpha value is -1.51. The van der Waals surface area contributed by atoms with Gasteiger partial charge in [0, 0.05) is 105 Å². The fraction of sp³-hybridized carbons (Fsp3) is 0.927. The molecule has 0 aromatic rings. The van der Waals surface area contributed by atoms with Crippen molar-refractivity contribution in [2.45, 2.75) is 230 Å². The molecule has 16 nitrogen and oxygen atoms in total. The third kappa shape index (κ3) is 41.0. The lowest BCUT2D eigenvalue weighted by Gasteiger charge is -2.42. The summed E-state index contributed by atoms with van der Waals surface area (Å²) >= 11 is 0. The highest BCUT2D eigenvalue weighted by molar-refractivity contribution is 6.86. The maximum absolute atomic E-state index is 13.8. The minimum atomic E-state index is -4.82. The highest BCUT2D eigenvalue weighted by atomic mass is 28.5. The van der Waals surface area contributed by atoms with E-state index in [4.69, 9.17) is 54.5 Å². The predicted octanol–water partition coefficient (Wildman–Crippen LogP) is 16.1. The molecule has 0 aliphatic rings. The number of hydrogen-bond donors (Lipinski definition) is 4. The fourth-order valence-electron chi connectivity index (χ4n) is 9.71. The number of halogens is 19. The molecule has 0 radical (unpaired) electrons. The Morgan fingerprint density at radius 1 is 0.448 bits per heavy atom. The zero-order chi connectivity index (χ0) is 75.5. The number of aliphatic imine (C=N–C) groups is 2. The van der Waals surface area contributed by atoms with Crippen LogP contribution in [0.15, 0.2) is 21.9 Å². The Balaban J connectivity index is -0.00000165. The summed E-state index contributed by atoms with van der Waals surface area (Å²) in [5, 5.41) is 20.9. The van der Waals surface area contributed by atoms with Gasteiger partial charge >= 0.3 is 76.6 Å². The van der Waals surface area contributed by atoms with Crippen LogP contribution in [0.4, 0.5) is 83.4 Å². The standard InChI is InChI=1S/C32H60F10N2O6Si3.C14H35F3N2O6Si3.C9H12F6/c1-9-20-51(8,49-52(23-45,47-6)21-12-18-43-27(10-2)25(31(37,38)39)14-16-29(4,33)34)50-53(24-46,48-7)22-13-19-44-28(11-3)26(32(40,41)42)15-17-30(5,35)36;1-20-27(21-2,11-6-9-18)24-26(5,13-8-14(15,16)17)25-28(22-3,23-4)12-7-10-19;1-3-7(10)6(9(13,14)15)4-5-8(2,11)12/h25-26,45-46H,9-24H2,1-8H3;6-13,18-19H2,1-5H3;3,6H,4-5H2,1-2H3. The zero-order valence-electron chi connectivity index (χ0n) is 57.9.